The second-order valence-corrected chi connectivity index (χ2v) is 12.1. The van der Waals surface area contributed by atoms with Crippen molar-refractivity contribution in [1.29, 1.82) is 0 Å². The molecule has 148 valence electrons. The Hall–Kier alpha value is 0.194. The molecule has 0 aliphatic heterocycles. The first-order chi connectivity index (χ1) is 11.3. The summed E-state index contributed by atoms with van der Waals surface area (Å²) in [5, 5.41) is 0. The van der Waals surface area contributed by atoms with Crippen LogP contribution in [0.15, 0.2) is 0 Å². The fourth-order valence-corrected chi connectivity index (χ4v) is 6.12. The van der Waals surface area contributed by atoms with Gasteiger partial charge >= 0.3 is 17.6 Å². The van der Waals surface area contributed by atoms with Crippen LogP contribution in [0, 0.1) is 5.92 Å². The standard InChI is InChI=1S/C9H22O3Si.C7H18O3Si/c1-5-6-7-8-9-13(10-2,11-3)12-4;1-7(2)6-11(8-3,9-4)10-5/h5-9H2,1-4H3;7H,6H2,1-5H3. The van der Waals surface area contributed by atoms with Crippen molar-refractivity contribution in [1.82, 2.24) is 0 Å². The Kier molecular flexibility index (Phi) is 17.0. The highest BCUT2D eigenvalue weighted by atomic mass is 28.4. The van der Waals surface area contributed by atoms with Gasteiger partial charge in [-0.3, -0.25) is 0 Å². The first-order valence-electron chi connectivity index (χ1n) is 8.65. The summed E-state index contributed by atoms with van der Waals surface area (Å²) in [6.45, 7) is 6.45. The third-order valence-corrected chi connectivity index (χ3v) is 9.88. The SMILES string of the molecule is CCCCCC[Si](OC)(OC)OC.CO[Si](CC(C)C)(OC)OC. The first-order valence-corrected chi connectivity index (χ1v) is 12.5. The quantitative estimate of drug-likeness (QED) is 0.354. The highest BCUT2D eigenvalue weighted by molar-refractivity contribution is 6.60. The van der Waals surface area contributed by atoms with Crippen LogP contribution in [-0.4, -0.2) is 60.3 Å². The van der Waals surface area contributed by atoms with Gasteiger partial charge < -0.3 is 26.6 Å². The molecular formula is C16H40O6Si2. The van der Waals surface area contributed by atoms with Crippen LogP contribution in [0.25, 0.3) is 0 Å². The lowest BCUT2D eigenvalue weighted by molar-refractivity contribution is 0.119. The van der Waals surface area contributed by atoms with Crippen molar-refractivity contribution >= 4 is 17.6 Å². The van der Waals surface area contributed by atoms with E-state index in [1.54, 1.807) is 42.7 Å². The number of unbranched alkanes of at least 4 members (excludes halogenated alkanes) is 3. The van der Waals surface area contributed by atoms with Crippen LogP contribution < -0.4 is 0 Å². The maximum atomic E-state index is 5.31. The van der Waals surface area contributed by atoms with Gasteiger partial charge in [0.15, 0.2) is 0 Å². The van der Waals surface area contributed by atoms with Crippen molar-refractivity contribution < 1.29 is 26.6 Å². The predicted molar refractivity (Wildman–Crippen MR) is 102 cm³/mol. The number of rotatable bonds is 13. The molecule has 0 bridgehead atoms. The zero-order chi connectivity index (χ0) is 19.1. The monoisotopic (exact) mass is 384 g/mol. The average Bonchev–Trinajstić information content (AvgIpc) is 2.61. The smallest absolute Gasteiger partial charge is 0.377 e. The van der Waals surface area contributed by atoms with E-state index in [0.29, 0.717) is 5.92 Å². The van der Waals surface area contributed by atoms with Gasteiger partial charge in [-0.1, -0.05) is 40.0 Å². The Morgan fingerprint density at radius 1 is 0.625 bits per heavy atom. The van der Waals surface area contributed by atoms with Crippen LogP contribution in [0.2, 0.25) is 12.1 Å². The van der Waals surface area contributed by atoms with Gasteiger partial charge in [0.2, 0.25) is 0 Å². The van der Waals surface area contributed by atoms with E-state index in [0.717, 1.165) is 18.5 Å². The van der Waals surface area contributed by atoms with Gasteiger partial charge in [0.1, 0.15) is 0 Å². The minimum atomic E-state index is -2.28. The van der Waals surface area contributed by atoms with E-state index in [4.69, 9.17) is 26.6 Å². The van der Waals surface area contributed by atoms with Crippen LogP contribution >= 0.6 is 0 Å². The highest BCUT2D eigenvalue weighted by Gasteiger charge is 2.38. The maximum absolute atomic E-state index is 5.31. The van der Waals surface area contributed by atoms with Crippen molar-refractivity contribution in [2.24, 2.45) is 5.92 Å². The van der Waals surface area contributed by atoms with E-state index in [2.05, 4.69) is 20.8 Å². The van der Waals surface area contributed by atoms with Gasteiger partial charge in [0, 0.05) is 54.7 Å². The summed E-state index contributed by atoms with van der Waals surface area (Å²) in [6.07, 6.45) is 4.90. The Balaban J connectivity index is 0. The normalized spacial score (nSPS) is 12.2. The molecule has 0 radical (unpaired) electrons. The minimum absolute atomic E-state index is 0.543. The van der Waals surface area contributed by atoms with Crippen molar-refractivity contribution in [3.05, 3.63) is 0 Å². The maximum Gasteiger partial charge on any atom is 0.500 e. The summed E-state index contributed by atoms with van der Waals surface area (Å²) >= 11 is 0. The average molecular weight is 385 g/mol. The molecule has 0 aliphatic carbocycles. The molecule has 0 amide bonds. The molecule has 0 atom stereocenters. The highest BCUT2D eigenvalue weighted by Crippen LogP contribution is 2.18. The topological polar surface area (TPSA) is 55.4 Å². The van der Waals surface area contributed by atoms with E-state index < -0.39 is 17.6 Å². The van der Waals surface area contributed by atoms with Crippen LogP contribution in [0.4, 0.5) is 0 Å². The molecule has 0 aromatic rings. The minimum Gasteiger partial charge on any atom is -0.377 e. The molecule has 0 rings (SSSR count). The lowest BCUT2D eigenvalue weighted by Crippen LogP contribution is -2.43. The van der Waals surface area contributed by atoms with Gasteiger partial charge in [-0.05, 0) is 12.3 Å². The third kappa shape index (κ3) is 10.9. The van der Waals surface area contributed by atoms with Crippen LogP contribution in [0.5, 0.6) is 0 Å². The van der Waals surface area contributed by atoms with E-state index in [1.165, 1.54) is 19.3 Å². The van der Waals surface area contributed by atoms with Crippen molar-refractivity contribution in [2.45, 2.75) is 58.5 Å². The molecule has 0 fully saturated rings. The fraction of sp³-hybridized carbons (Fsp3) is 1.00. The summed E-state index contributed by atoms with van der Waals surface area (Å²) < 4.78 is 31.7. The molecule has 0 heterocycles. The molecule has 0 spiro atoms. The van der Waals surface area contributed by atoms with Gasteiger partial charge in [-0.15, -0.1) is 0 Å². The molecule has 6 nitrogen and oxygen atoms in total. The summed E-state index contributed by atoms with van der Waals surface area (Å²) in [5.41, 5.74) is 0. The number of hydrogen-bond donors (Lipinski definition) is 0. The van der Waals surface area contributed by atoms with Gasteiger partial charge in [-0.25, -0.2) is 0 Å². The van der Waals surface area contributed by atoms with Crippen LogP contribution in [0.1, 0.15) is 46.5 Å². The molecule has 0 saturated carbocycles. The zero-order valence-electron chi connectivity index (χ0n) is 17.3. The van der Waals surface area contributed by atoms with Crippen molar-refractivity contribution in [2.75, 3.05) is 42.7 Å². The Morgan fingerprint density at radius 2 is 1.04 bits per heavy atom. The third-order valence-electron chi connectivity index (χ3n) is 3.86. The predicted octanol–water partition coefficient (Wildman–Crippen LogP) is 3.97. The molecule has 24 heavy (non-hydrogen) atoms. The van der Waals surface area contributed by atoms with Gasteiger partial charge in [0.25, 0.3) is 0 Å². The second kappa shape index (κ2) is 15.4. The summed E-state index contributed by atoms with van der Waals surface area (Å²) in [4.78, 5) is 0. The van der Waals surface area contributed by atoms with Crippen molar-refractivity contribution in [3.63, 3.8) is 0 Å². The molecule has 0 saturated heterocycles. The summed E-state index contributed by atoms with van der Waals surface area (Å²) in [7, 11) is 5.37. The first kappa shape index (κ1) is 26.4. The van der Waals surface area contributed by atoms with Crippen LogP contribution in [-0.2, 0) is 26.6 Å². The van der Waals surface area contributed by atoms with Gasteiger partial charge in [-0.2, -0.15) is 0 Å². The van der Waals surface area contributed by atoms with Gasteiger partial charge in [0.05, 0.1) is 0 Å². The largest absolute Gasteiger partial charge is 0.500 e. The molecule has 0 N–H and O–H groups in total. The lowest BCUT2D eigenvalue weighted by atomic mass is 10.2. The number of hydrogen-bond acceptors (Lipinski definition) is 6. The second-order valence-electron chi connectivity index (χ2n) is 6.00. The molecule has 8 heteroatoms. The van der Waals surface area contributed by atoms with Crippen molar-refractivity contribution in [3.8, 4) is 0 Å². The molecule has 0 aliphatic rings. The van der Waals surface area contributed by atoms with E-state index in [9.17, 15) is 0 Å². The Bertz CT molecular complexity index is 255. The van der Waals surface area contributed by atoms with Crippen LogP contribution in [0.3, 0.4) is 0 Å². The summed E-state index contributed by atoms with van der Waals surface area (Å²) in [5.74, 6) is 0.543. The molecule has 0 aromatic carbocycles. The molecule has 0 unspecified atom stereocenters. The zero-order valence-corrected chi connectivity index (χ0v) is 19.3. The summed E-state index contributed by atoms with van der Waals surface area (Å²) in [6, 6.07) is 1.80. The lowest BCUT2D eigenvalue weighted by Gasteiger charge is -2.25. The molecule has 0 aromatic heterocycles. The Morgan fingerprint density at radius 3 is 1.29 bits per heavy atom. The van der Waals surface area contributed by atoms with E-state index >= 15 is 0 Å². The fourth-order valence-electron chi connectivity index (χ4n) is 2.32. The van der Waals surface area contributed by atoms with E-state index in [1.807, 2.05) is 0 Å². The van der Waals surface area contributed by atoms with E-state index in [-0.39, 0.29) is 0 Å². The molecular weight excluding hydrogens is 344 g/mol. The Labute approximate surface area is 151 Å².